The van der Waals surface area contributed by atoms with Gasteiger partial charge in [-0.1, -0.05) is 20.8 Å². The average Bonchev–Trinajstić information content (AvgIpc) is 2.36. The summed E-state index contributed by atoms with van der Waals surface area (Å²) in [5.41, 5.74) is 0. The second-order valence-electron chi connectivity index (χ2n) is 4.84. The van der Waals surface area contributed by atoms with Crippen LogP contribution in [0.25, 0.3) is 0 Å². The van der Waals surface area contributed by atoms with Crippen molar-refractivity contribution in [1.82, 2.24) is 0 Å². The van der Waals surface area contributed by atoms with Crippen molar-refractivity contribution in [2.24, 2.45) is 0 Å². The van der Waals surface area contributed by atoms with Crippen molar-refractivity contribution < 1.29 is 13.3 Å². The first-order valence-electron chi connectivity index (χ1n) is 7.43. The van der Waals surface area contributed by atoms with Crippen molar-refractivity contribution in [1.29, 1.82) is 0 Å². The van der Waals surface area contributed by atoms with E-state index < -0.39 is 16.9 Å². The van der Waals surface area contributed by atoms with Crippen molar-refractivity contribution in [3.05, 3.63) is 0 Å². The van der Waals surface area contributed by atoms with Gasteiger partial charge in [-0.15, -0.1) is 0 Å². The molecule has 0 aliphatic rings. The van der Waals surface area contributed by atoms with Crippen LogP contribution < -0.4 is 0 Å². The minimum absolute atomic E-state index is 0.737. The van der Waals surface area contributed by atoms with E-state index in [9.17, 15) is 0 Å². The summed E-state index contributed by atoms with van der Waals surface area (Å²) in [6.45, 7) is 15.3. The van der Waals surface area contributed by atoms with Crippen molar-refractivity contribution in [2.75, 3.05) is 19.8 Å². The van der Waals surface area contributed by atoms with E-state index in [1.165, 1.54) is 18.1 Å². The molecule has 5 heteroatoms. The Morgan fingerprint density at radius 1 is 0.722 bits per heavy atom. The van der Waals surface area contributed by atoms with Crippen LogP contribution in [0.4, 0.5) is 0 Å². The topological polar surface area (TPSA) is 27.7 Å². The van der Waals surface area contributed by atoms with Crippen LogP contribution in [0.5, 0.6) is 0 Å². The molecule has 0 rings (SSSR count). The molecule has 0 bridgehead atoms. The average molecular weight is 293 g/mol. The van der Waals surface area contributed by atoms with Gasteiger partial charge in [0, 0.05) is 25.9 Å². The Morgan fingerprint density at radius 3 is 1.50 bits per heavy atom. The molecule has 0 radical (unpaired) electrons. The maximum Gasteiger partial charge on any atom is 0.337 e. The van der Waals surface area contributed by atoms with E-state index in [2.05, 4.69) is 27.3 Å². The molecule has 0 spiro atoms. The van der Waals surface area contributed by atoms with Crippen LogP contribution >= 0.6 is 0 Å². The lowest BCUT2D eigenvalue weighted by Gasteiger charge is -2.31. The standard InChI is InChI=1S/C13H32O3Si2/c1-7-14-17(6,15-8-2)13-12-16-18(9-3,10-4)11-5/h7-13H2,1-6H3. The largest absolute Gasteiger partial charge is 0.417 e. The summed E-state index contributed by atoms with van der Waals surface area (Å²) >= 11 is 0. The predicted molar refractivity (Wildman–Crippen MR) is 82.8 cm³/mol. The molecule has 3 nitrogen and oxygen atoms in total. The van der Waals surface area contributed by atoms with Crippen LogP contribution in [0, 0.1) is 0 Å². The highest BCUT2D eigenvalue weighted by molar-refractivity contribution is 6.73. The summed E-state index contributed by atoms with van der Waals surface area (Å²) in [5.74, 6) is 0. The molecule has 110 valence electrons. The van der Waals surface area contributed by atoms with Gasteiger partial charge in [0.15, 0.2) is 8.32 Å². The lowest BCUT2D eigenvalue weighted by atomic mass is 10.9. The third-order valence-electron chi connectivity index (χ3n) is 3.80. The zero-order valence-electron chi connectivity index (χ0n) is 13.2. The summed E-state index contributed by atoms with van der Waals surface area (Å²) < 4.78 is 18.0. The van der Waals surface area contributed by atoms with Gasteiger partial charge in [-0.2, -0.15) is 0 Å². The summed E-state index contributed by atoms with van der Waals surface area (Å²) in [7, 11) is -3.44. The molecule has 0 aromatic rings. The van der Waals surface area contributed by atoms with E-state index in [-0.39, 0.29) is 0 Å². The fourth-order valence-electron chi connectivity index (χ4n) is 2.31. The quantitative estimate of drug-likeness (QED) is 0.535. The molecule has 18 heavy (non-hydrogen) atoms. The molecule has 0 aliphatic heterocycles. The van der Waals surface area contributed by atoms with Gasteiger partial charge in [0.1, 0.15) is 0 Å². The van der Waals surface area contributed by atoms with Crippen LogP contribution in [0.1, 0.15) is 34.6 Å². The maximum atomic E-state index is 6.28. The Kier molecular flexibility index (Phi) is 9.42. The van der Waals surface area contributed by atoms with Gasteiger partial charge in [0.2, 0.25) is 0 Å². The first kappa shape index (κ1) is 18.3. The van der Waals surface area contributed by atoms with E-state index in [0.717, 1.165) is 25.9 Å². The highest BCUT2D eigenvalue weighted by Gasteiger charge is 2.33. The fourth-order valence-corrected chi connectivity index (χ4v) is 7.22. The first-order chi connectivity index (χ1) is 8.51. The Hall–Kier alpha value is 0.314. The third kappa shape index (κ3) is 5.97. The molecule has 0 fully saturated rings. The SMILES string of the molecule is CCO[Si](C)(CCO[Si](CC)(CC)CC)OCC. The van der Waals surface area contributed by atoms with Crippen LogP contribution in [0.15, 0.2) is 0 Å². The first-order valence-corrected chi connectivity index (χ1v) is 12.5. The molecule has 0 saturated carbocycles. The molecule has 0 N–H and O–H groups in total. The molecule has 0 aromatic heterocycles. The van der Waals surface area contributed by atoms with E-state index in [4.69, 9.17) is 13.3 Å². The van der Waals surface area contributed by atoms with Gasteiger partial charge in [-0.25, -0.2) is 0 Å². The Balaban J connectivity index is 4.27. The second kappa shape index (κ2) is 9.25. The van der Waals surface area contributed by atoms with Crippen LogP contribution in [0.3, 0.4) is 0 Å². The fraction of sp³-hybridized carbons (Fsp3) is 1.00. The van der Waals surface area contributed by atoms with Crippen molar-refractivity contribution in [3.63, 3.8) is 0 Å². The van der Waals surface area contributed by atoms with E-state index in [0.29, 0.717) is 0 Å². The lowest BCUT2D eigenvalue weighted by molar-refractivity contribution is 0.180. The van der Waals surface area contributed by atoms with E-state index >= 15 is 0 Å². The monoisotopic (exact) mass is 292 g/mol. The van der Waals surface area contributed by atoms with E-state index in [1.807, 2.05) is 13.8 Å². The van der Waals surface area contributed by atoms with Crippen LogP contribution in [0.2, 0.25) is 30.7 Å². The molecule has 0 saturated heterocycles. The van der Waals surface area contributed by atoms with Gasteiger partial charge in [-0.3, -0.25) is 0 Å². The second-order valence-corrected chi connectivity index (χ2v) is 13.0. The molecule has 0 heterocycles. The summed E-state index contributed by atoms with van der Waals surface area (Å²) in [6, 6.07) is 4.58. The van der Waals surface area contributed by atoms with Gasteiger partial charge in [-0.05, 0) is 38.5 Å². The normalized spacial score (nSPS) is 13.0. The molecule has 0 amide bonds. The van der Waals surface area contributed by atoms with Crippen molar-refractivity contribution in [2.45, 2.75) is 65.3 Å². The minimum Gasteiger partial charge on any atom is -0.417 e. The van der Waals surface area contributed by atoms with E-state index in [1.54, 1.807) is 0 Å². The van der Waals surface area contributed by atoms with Crippen molar-refractivity contribution in [3.8, 4) is 0 Å². The molecule has 0 atom stereocenters. The molecule has 0 aromatic carbocycles. The lowest BCUT2D eigenvalue weighted by Crippen LogP contribution is -2.42. The van der Waals surface area contributed by atoms with Crippen LogP contribution in [-0.4, -0.2) is 36.7 Å². The highest BCUT2D eigenvalue weighted by atomic mass is 28.4. The zero-order chi connectivity index (χ0) is 14.1. The van der Waals surface area contributed by atoms with Gasteiger partial charge >= 0.3 is 8.56 Å². The van der Waals surface area contributed by atoms with Gasteiger partial charge in [0.05, 0.1) is 0 Å². The zero-order valence-corrected chi connectivity index (χ0v) is 15.2. The number of hydrogen-bond acceptors (Lipinski definition) is 3. The third-order valence-corrected chi connectivity index (χ3v) is 11.4. The Morgan fingerprint density at radius 2 is 1.17 bits per heavy atom. The number of hydrogen-bond donors (Lipinski definition) is 0. The smallest absolute Gasteiger partial charge is 0.337 e. The van der Waals surface area contributed by atoms with Gasteiger partial charge in [0.25, 0.3) is 0 Å². The number of rotatable bonds is 11. The molecular weight excluding hydrogens is 260 g/mol. The van der Waals surface area contributed by atoms with Crippen LogP contribution in [-0.2, 0) is 13.3 Å². The minimum atomic E-state index is -1.99. The maximum absolute atomic E-state index is 6.28. The Labute approximate surface area is 116 Å². The molecule has 0 unspecified atom stereocenters. The highest BCUT2D eigenvalue weighted by Crippen LogP contribution is 2.23. The predicted octanol–water partition coefficient (Wildman–Crippen LogP) is 4.15. The van der Waals surface area contributed by atoms with Gasteiger partial charge < -0.3 is 13.3 Å². The Bertz CT molecular complexity index is 194. The summed E-state index contributed by atoms with van der Waals surface area (Å²) in [4.78, 5) is 0. The molecular formula is C13H32O3Si2. The summed E-state index contributed by atoms with van der Waals surface area (Å²) in [6.07, 6.45) is 0. The summed E-state index contributed by atoms with van der Waals surface area (Å²) in [5, 5.41) is 0. The molecule has 0 aliphatic carbocycles. The van der Waals surface area contributed by atoms with Crippen molar-refractivity contribution >= 4 is 16.9 Å².